The molecule has 164 valence electrons. The van der Waals surface area contributed by atoms with Crippen molar-refractivity contribution in [2.24, 2.45) is 0 Å². The van der Waals surface area contributed by atoms with Crippen LogP contribution in [-0.2, 0) is 18.8 Å². The Bertz CT molecular complexity index is 1270. The molecule has 7 heteroatoms. The van der Waals surface area contributed by atoms with Crippen LogP contribution >= 0.6 is 11.8 Å². The summed E-state index contributed by atoms with van der Waals surface area (Å²) in [5, 5.41) is 4.21. The predicted molar refractivity (Wildman–Crippen MR) is 127 cm³/mol. The van der Waals surface area contributed by atoms with Crippen molar-refractivity contribution in [2.75, 3.05) is 0 Å². The Balaban J connectivity index is 1.51. The lowest BCUT2D eigenvalue weighted by atomic mass is 10.1. The topological polar surface area (TPSA) is 77.1 Å². The van der Waals surface area contributed by atoms with E-state index < -0.39 is 0 Å². The maximum Gasteiger partial charge on any atom is 0.262 e. The monoisotopic (exact) mass is 447 g/mol. The first kappa shape index (κ1) is 21.9. The van der Waals surface area contributed by atoms with Crippen molar-refractivity contribution >= 4 is 28.6 Å². The number of thioether (sulfide) groups is 1. The molecule has 32 heavy (non-hydrogen) atoms. The van der Waals surface area contributed by atoms with E-state index >= 15 is 0 Å². The van der Waals surface area contributed by atoms with Gasteiger partial charge in [-0.3, -0.25) is 14.2 Å². The fraction of sp³-hybridized carbons (Fsp3) is 0.240. The van der Waals surface area contributed by atoms with Crippen LogP contribution in [-0.4, -0.2) is 15.5 Å². The molecule has 0 unspecified atom stereocenters. The summed E-state index contributed by atoms with van der Waals surface area (Å²) in [4.78, 5) is 30.3. The van der Waals surface area contributed by atoms with Gasteiger partial charge in [-0.1, -0.05) is 49.4 Å². The Morgan fingerprint density at radius 1 is 1.12 bits per heavy atom. The maximum atomic E-state index is 13.0. The molecule has 0 saturated carbocycles. The standard InChI is InChI=1S/C25H25N3O3S/c1-2-3-13-28-24(30)21-11-4-5-12-22(21)27-25(28)32-17-18-8-6-9-19(15-18)23(29)26-16-20-10-7-14-31-20/h4-12,14-15H,2-3,13,16-17H2,1H3,(H,26,29). The van der Waals surface area contributed by atoms with Gasteiger partial charge in [0, 0.05) is 17.9 Å². The van der Waals surface area contributed by atoms with Crippen molar-refractivity contribution in [1.82, 2.24) is 14.9 Å². The van der Waals surface area contributed by atoms with Crippen LogP contribution in [0.1, 0.15) is 41.4 Å². The first-order valence-corrected chi connectivity index (χ1v) is 11.7. The lowest BCUT2D eigenvalue weighted by Crippen LogP contribution is -2.23. The minimum absolute atomic E-state index is 0.00222. The highest BCUT2D eigenvalue weighted by Crippen LogP contribution is 2.23. The van der Waals surface area contributed by atoms with E-state index in [1.165, 1.54) is 11.8 Å². The number of amides is 1. The summed E-state index contributed by atoms with van der Waals surface area (Å²) < 4.78 is 7.03. The van der Waals surface area contributed by atoms with Crippen molar-refractivity contribution in [3.8, 4) is 0 Å². The third-order valence-electron chi connectivity index (χ3n) is 5.12. The number of rotatable bonds is 9. The minimum atomic E-state index is -0.156. The zero-order valence-electron chi connectivity index (χ0n) is 17.9. The number of furan rings is 1. The summed E-state index contributed by atoms with van der Waals surface area (Å²) in [6.45, 7) is 3.09. The molecule has 0 aliphatic carbocycles. The van der Waals surface area contributed by atoms with E-state index in [0.717, 1.165) is 18.4 Å². The van der Waals surface area contributed by atoms with Crippen LogP contribution in [0.2, 0.25) is 0 Å². The number of carbonyl (C=O) groups excluding carboxylic acids is 1. The number of aromatic nitrogens is 2. The molecule has 0 fully saturated rings. The number of hydrogen-bond acceptors (Lipinski definition) is 5. The van der Waals surface area contributed by atoms with Crippen molar-refractivity contribution < 1.29 is 9.21 Å². The second kappa shape index (κ2) is 10.3. The fourth-order valence-corrected chi connectivity index (χ4v) is 4.37. The van der Waals surface area contributed by atoms with E-state index in [-0.39, 0.29) is 11.5 Å². The number of carbonyl (C=O) groups is 1. The lowest BCUT2D eigenvalue weighted by Gasteiger charge is -2.13. The minimum Gasteiger partial charge on any atom is -0.467 e. The summed E-state index contributed by atoms with van der Waals surface area (Å²) in [5.74, 6) is 1.16. The van der Waals surface area contributed by atoms with E-state index in [9.17, 15) is 9.59 Å². The van der Waals surface area contributed by atoms with E-state index in [4.69, 9.17) is 9.40 Å². The number of fused-ring (bicyclic) bond motifs is 1. The Kier molecular flexibility index (Phi) is 7.07. The van der Waals surface area contributed by atoms with Gasteiger partial charge < -0.3 is 9.73 Å². The van der Waals surface area contributed by atoms with Crippen LogP contribution in [0.25, 0.3) is 10.9 Å². The molecule has 0 aliphatic rings. The van der Waals surface area contributed by atoms with Crippen LogP contribution in [0, 0.1) is 0 Å². The molecule has 4 aromatic rings. The number of benzene rings is 2. The van der Waals surface area contributed by atoms with Gasteiger partial charge in [0.05, 0.1) is 23.7 Å². The van der Waals surface area contributed by atoms with Crippen molar-refractivity contribution in [1.29, 1.82) is 0 Å². The molecule has 1 N–H and O–H groups in total. The molecule has 0 aliphatic heterocycles. The summed E-state index contributed by atoms with van der Waals surface area (Å²) in [5.41, 5.74) is 2.28. The number of nitrogens with one attached hydrogen (secondary N) is 1. The van der Waals surface area contributed by atoms with E-state index in [1.807, 2.05) is 48.5 Å². The zero-order chi connectivity index (χ0) is 22.3. The van der Waals surface area contributed by atoms with E-state index in [0.29, 0.717) is 46.2 Å². The van der Waals surface area contributed by atoms with Crippen LogP contribution in [0.15, 0.2) is 81.3 Å². The third kappa shape index (κ3) is 5.11. The first-order chi connectivity index (χ1) is 15.7. The molecule has 0 atom stereocenters. The van der Waals surface area contributed by atoms with Gasteiger partial charge in [0.1, 0.15) is 5.76 Å². The second-order valence-corrected chi connectivity index (χ2v) is 8.42. The molecular formula is C25H25N3O3S. The highest BCUT2D eigenvalue weighted by molar-refractivity contribution is 7.98. The molecule has 0 radical (unpaired) electrons. The van der Waals surface area contributed by atoms with Gasteiger partial charge in [-0.25, -0.2) is 4.98 Å². The molecule has 2 heterocycles. The van der Waals surface area contributed by atoms with Crippen molar-refractivity contribution in [3.63, 3.8) is 0 Å². The summed E-state index contributed by atoms with van der Waals surface area (Å²) in [7, 11) is 0. The van der Waals surface area contributed by atoms with Crippen LogP contribution in [0.5, 0.6) is 0 Å². The Morgan fingerprint density at radius 3 is 2.81 bits per heavy atom. The molecule has 6 nitrogen and oxygen atoms in total. The van der Waals surface area contributed by atoms with Gasteiger partial charge in [-0.2, -0.15) is 0 Å². The number of hydrogen-bond donors (Lipinski definition) is 1. The Morgan fingerprint density at radius 2 is 2.00 bits per heavy atom. The summed E-state index contributed by atoms with van der Waals surface area (Å²) in [6, 6.07) is 18.6. The Labute approximate surface area is 190 Å². The number of nitrogens with zero attached hydrogens (tertiary/aromatic N) is 2. The Hall–Kier alpha value is -3.32. The average molecular weight is 448 g/mol. The van der Waals surface area contributed by atoms with Gasteiger partial charge in [-0.15, -0.1) is 0 Å². The summed E-state index contributed by atoms with van der Waals surface area (Å²) >= 11 is 1.52. The number of unbranched alkanes of at least 4 members (excludes halogenated alkanes) is 1. The number of para-hydroxylation sites is 1. The van der Waals surface area contributed by atoms with Crippen LogP contribution in [0.3, 0.4) is 0 Å². The van der Waals surface area contributed by atoms with Gasteiger partial charge in [0.2, 0.25) is 0 Å². The maximum absolute atomic E-state index is 13.0. The molecule has 4 rings (SSSR count). The first-order valence-electron chi connectivity index (χ1n) is 10.7. The molecule has 0 saturated heterocycles. The molecule has 1 amide bonds. The smallest absolute Gasteiger partial charge is 0.262 e. The SMILES string of the molecule is CCCCn1c(SCc2cccc(C(=O)NCc3ccco3)c2)nc2ccccc2c1=O. The second-order valence-electron chi connectivity index (χ2n) is 7.47. The van der Waals surface area contributed by atoms with Gasteiger partial charge in [0.25, 0.3) is 11.5 Å². The van der Waals surface area contributed by atoms with Crippen molar-refractivity contribution in [2.45, 2.75) is 43.8 Å². The van der Waals surface area contributed by atoms with Crippen molar-refractivity contribution in [3.05, 3.63) is 94.2 Å². The quantitative estimate of drug-likeness (QED) is 0.288. The average Bonchev–Trinajstić information content (AvgIpc) is 3.35. The van der Waals surface area contributed by atoms with Gasteiger partial charge in [-0.05, 0) is 48.4 Å². The lowest BCUT2D eigenvalue weighted by molar-refractivity contribution is 0.0948. The summed E-state index contributed by atoms with van der Waals surface area (Å²) in [6.07, 6.45) is 3.50. The molecular weight excluding hydrogens is 422 g/mol. The van der Waals surface area contributed by atoms with Crippen LogP contribution in [0.4, 0.5) is 0 Å². The third-order valence-corrected chi connectivity index (χ3v) is 6.17. The highest BCUT2D eigenvalue weighted by Gasteiger charge is 2.12. The van der Waals surface area contributed by atoms with Crippen LogP contribution < -0.4 is 10.9 Å². The van der Waals surface area contributed by atoms with Gasteiger partial charge in [0.15, 0.2) is 5.16 Å². The van der Waals surface area contributed by atoms with E-state index in [2.05, 4.69) is 12.2 Å². The van der Waals surface area contributed by atoms with Gasteiger partial charge >= 0.3 is 0 Å². The molecule has 2 aromatic carbocycles. The normalized spacial score (nSPS) is 11.0. The largest absolute Gasteiger partial charge is 0.467 e. The predicted octanol–water partition coefficient (Wildman–Crippen LogP) is 5.01. The molecule has 2 aromatic heterocycles. The zero-order valence-corrected chi connectivity index (χ0v) is 18.7. The highest BCUT2D eigenvalue weighted by atomic mass is 32.2. The molecule has 0 spiro atoms. The molecule has 0 bridgehead atoms. The van der Waals surface area contributed by atoms with E-state index in [1.54, 1.807) is 23.0 Å². The fourth-order valence-electron chi connectivity index (χ4n) is 3.40.